The number of ether oxygens (including phenoxy) is 2. The molecule has 1 fully saturated rings. The Morgan fingerprint density at radius 2 is 1.92 bits per heavy atom. The lowest BCUT2D eigenvalue weighted by Gasteiger charge is -2.22. The zero-order chi connectivity index (χ0) is 8.97. The van der Waals surface area contributed by atoms with Crippen LogP contribution < -0.4 is 0 Å². The standard InChI is InChI=1S/C10H20O2/c1-4-11-9-6-5-7-10(9)12-8(2)3/h8-10H,4-7H2,1-3H3/t9-,10-/m0/s1. The van der Waals surface area contributed by atoms with Gasteiger partial charge in [0, 0.05) is 6.61 Å². The van der Waals surface area contributed by atoms with Crippen molar-refractivity contribution in [3.05, 3.63) is 0 Å². The van der Waals surface area contributed by atoms with Crippen LogP contribution in [0.5, 0.6) is 0 Å². The van der Waals surface area contributed by atoms with Gasteiger partial charge in [-0.3, -0.25) is 0 Å². The fraction of sp³-hybridized carbons (Fsp3) is 1.00. The third-order valence-electron chi connectivity index (χ3n) is 2.22. The van der Waals surface area contributed by atoms with Crippen molar-refractivity contribution >= 4 is 0 Å². The molecular formula is C10H20O2. The fourth-order valence-corrected chi connectivity index (χ4v) is 1.80. The molecule has 12 heavy (non-hydrogen) atoms. The van der Waals surface area contributed by atoms with Crippen molar-refractivity contribution in [3.63, 3.8) is 0 Å². The third-order valence-corrected chi connectivity index (χ3v) is 2.22. The molecular weight excluding hydrogens is 152 g/mol. The van der Waals surface area contributed by atoms with E-state index in [-0.39, 0.29) is 0 Å². The zero-order valence-electron chi connectivity index (χ0n) is 8.38. The minimum Gasteiger partial charge on any atom is -0.376 e. The Bertz CT molecular complexity index is 123. The molecule has 0 bridgehead atoms. The molecule has 0 unspecified atom stereocenters. The Hall–Kier alpha value is -0.0800. The summed E-state index contributed by atoms with van der Waals surface area (Å²) in [6.45, 7) is 7.02. The maximum absolute atomic E-state index is 5.75. The molecule has 1 rings (SSSR count). The van der Waals surface area contributed by atoms with E-state index in [1.165, 1.54) is 19.3 Å². The van der Waals surface area contributed by atoms with E-state index in [0.29, 0.717) is 18.3 Å². The van der Waals surface area contributed by atoms with Gasteiger partial charge in [0.2, 0.25) is 0 Å². The summed E-state index contributed by atoms with van der Waals surface area (Å²) in [7, 11) is 0. The molecule has 0 aliphatic heterocycles. The lowest BCUT2D eigenvalue weighted by Crippen LogP contribution is -2.28. The molecule has 0 spiro atoms. The third kappa shape index (κ3) is 2.76. The normalized spacial score (nSPS) is 30.0. The van der Waals surface area contributed by atoms with Gasteiger partial charge >= 0.3 is 0 Å². The van der Waals surface area contributed by atoms with Crippen LogP contribution in [0.25, 0.3) is 0 Å². The smallest absolute Gasteiger partial charge is 0.0840 e. The van der Waals surface area contributed by atoms with Crippen molar-refractivity contribution in [3.8, 4) is 0 Å². The number of rotatable bonds is 4. The summed E-state index contributed by atoms with van der Waals surface area (Å²) in [4.78, 5) is 0. The SMILES string of the molecule is CCO[C@H]1CCC[C@@H]1OC(C)C. The summed E-state index contributed by atoms with van der Waals surface area (Å²) in [5.41, 5.74) is 0. The highest BCUT2D eigenvalue weighted by Gasteiger charge is 2.28. The van der Waals surface area contributed by atoms with E-state index >= 15 is 0 Å². The molecule has 0 saturated heterocycles. The first-order chi connectivity index (χ1) is 5.74. The molecule has 0 aromatic rings. The van der Waals surface area contributed by atoms with Gasteiger partial charge in [0.15, 0.2) is 0 Å². The topological polar surface area (TPSA) is 18.5 Å². The predicted molar refractivity (Wildman–Crippen MR) is 49.3 cm³/mol. The average molecular weight is 172 g/mol. The summed E-state index contributed by atoms with van der Waals surface area (Å²) in [6.07, 6.45) is 4.63. The predicted octanol–water partition coefficient (Wildman–Crippen LogP) is 2.37. The molecule has 2 atom stereocenters. The molecule has 1 aliphatic carbocycles. The highest BCUT2D eigenvalue weighted by molar-refractivity contribution is 4.79. The van der Waals surface area contributed by atoms with Crippen LogP contribution in [-0.2, 0) is 9.47 Å². The Kier molecular flexibility index (Phi) is 4.02. The first-order valence-corrected chi connectivity index (χ1v) is 5.01. The molecule has 1 saturated carbocycles. The quantitative estimate of drug-likeness (QED) is 0.648. The molecule has 0 radical (unpaired) electrons. The van der Waals surface area contributed by atoms with Crippen molar-refractivity contribution in [1.82, 2.24) is 0 Å². The Morgan fingerprint density at radius 3 is 2.50 bits per heavy atom. The van der Waals surface area contributed by atoms with Gasteiger partial charge in [-0.1, -0.05) is 0 Å². The second-order valence-electron chi connectivity index (χ2n) is 3.65. The Balaban J connectivity index is 2.30. The van der Waals surface area contributed by atoms with Crippen molar-refractivity contribution in [2.75, 3.05) is 6.61 Å². The minimum absolute atomic E-state index is 0.330. The van der Waals surface area contributed by atoms with Crippen LogP contribution >= 0.6 is 0 Å². The maximum atomic E-state index is 5.75. The molecule has 72 valence electrons. The summed E-state index contributed by atoms with van der Waals surface area (Å²) in [6, 6.07) is 0. The summed E-state index contributed by atoms with van der Waals surface area (Å²) >= 11 is 0. The van der Waals surface area contributed by atoms with Crippen molar-refractivity contribution < 1.29 is 9.47 Å². The van der Waals surface area contributed by atoms with Gasteiger partial charge in [-0.05, 0) is 40.0 Å². The summed E-state index contributed by atoms with van der Waals surface area (Å²) in [5.74, 6) is 0. The van der Waals surface area contributed by atoms with Crippen molar-refractivity contribution in [2.45, 2.75) is 58.3 Å². The van der Waals surface area contributed by atoms with E-state index in [4.69, 9.17) is 9.47 Å². The van der Waals surface area contributed by atoms with E-state index in [1.54, 1.807) is 0 Å². The molecule has 0 heterocycles. The second kappa shape index (κ2) is 4.83. The molecule has 0 aromatic heterocycles. The molecule has 2 heteroatoms. The molecule has 1 aliphatic rings. The van der Waals surface area contributed by atoms with Gasteiger partial charge < -0.3 is 9.47 Å². The fourth-order valence-electron chi connectivity index (χ4n) is 1.80. The van der Waals surface area contributed by atoms with Crippen LogP contribution in [0.15, 0.2) is 0 Å². The van der Waals surface area contributed by atoms with Gasteiger partial charge in [0.05, 0.1) is 18.3 Å². The van der Waals surface area contributed by atoms with Crippen LogP contribution in [0.2, 0.25) is 0 Å². The molecule has 0 aromatic carbocycles. The highest BCUT2D eigenvalue weighted by Crippen LogP contribution is 2.25. The number of hydrogen-bond donors (Lipinski definition) is 0. The Labute approximate surface area is 75.2 Å². The monoisotopic (exact) mass is 172 g/mol. The van der Waals surface area contributed by atoms with Crippen LogP contribution in [0, 0.1) is 0 Å². The van der Waals surface area contributed by atoms with E-state index in [1.807, 2.05) is 6.92 Å². The zero-order valence-corrected chi connectivity index (χ0v) is 8.38. The van der Waals surface area contributed by atoms with Crippen LogP contribution in [0.3, 0.4) is 0 Å². The van der Waals surface area contributed by atoms with Gasteiger partial charge in [0.1, 0.15) is 0 Å². The Morgan fingerprint density at radius 1 is 1.25 bits per heavy atom. The van der Waals surface area contributed by atoms with E-state index in [0.717, 1.165) is 6.61 Å². The van der Waals surface area contributed by atoms with Crippen LogP contribution in [0.1, 0.15) is 40.0 Å². The van der Waals surface area contributed by atoms with Crippen molar-refractivity contribution in [2.24, 2.45) is 0 Å². The first-order valence-electron chi connectivity index (χ1n) is 5.01. The van der Waals surface area contributed by atoms with Crippen molar-refractivity contribution in [1.29, 1.82) is 0 Å². The van der Waals surface area contributed by atoms with E-state index in [9.17, 15) is 0 Å². The first kappa shape index (κ1) is 10.0. The van der Waals surface area contributed by atoms with E-state index in [2.05, 4.69) is 13.8 Å². The summed E-state index contributed by atoms with van der Waals surface area (Å²) < 4.78 is 11.3. The van der Waals surface area contributed by atoms with Gasteiger partial charge in [-0.25, -0.2) is 0 Å². The lowest BCUT2D eigenvalue weighted by molar-refractivity contribution is -0.0744. The second-order valence-corrected chi connectivity index (χ2v) is 3.65. The van der Waals surface area contributed by atoms with Crippen LogP contribution in [0.4, 0.5) is 0 Å². The highest BCUT2D eigenvalue weighted by atomic mass is 16.5. The van der Waals surface area contributed by atoms with Gasteiger partial charge in [-0.15, -0.1) is 0 Å². The largest absolute Gasteiger partial charge is 0.376 e. The van der Waals surface area contributed by atoms with Gasteiger partial charge in [-0.2, -0.15) is 0 Å². The summed E-state index contributed by atoms with van der Waals surface area (Å²) in [5, 5.41) is 0. The molecule has 0 amide bonds. The lowest BCUT2D eigenvalue weighted by atomic mass is 10.2. The van der Waals surface area contributed by atoms with Gasteiger partial charge in [0.25, 0.3) is 0 Å². The number of hydrogen-bond acceptors (Lipinski definition) is 2. The molecule has 2 nitrogen and oxygen atoms in total. The molecule has 0 N–H and O–H groups in total. The minimum atomic E-state index is 0.330. The van der Waals surface area contributed by atoms with E-state index < -0.39 is 0 Å². The van der Waals surface area contributed by atoms with Crippen LogP contribution in [-0.4, -0.2) is 24.9 Å². The average Bonchev–Trinajstić information content (AvgIpc) is 2.37. The maximum Gasteiger partial charge on any atom is 0.0840 e.